The molecule has 92 valence electrons. The number of aryl methyl sites for hydroxylation is 1. The van der Waals surface area contributed by atoms with Gasteiger partial charge in [-0.15, -0.1) is 12.4 Å². The fourth-order valence-electron chi connectivity index (χ4n) is 1.59. The number of hydrogen-bond acceptors (Lipinski definition) is 1. The van der Waals surface area contributed by atoms with E-state index in [9.17, 15) is 4.39 Å². The smallest absolute Gasteiger partial charge is 0.132 e. The maximum atomic E-state index is 13.8. The van der Waals surface area contributed by atoms with E-state index in [1.165, 1.54) is 0 Å². The molecule has 1 aromatic rings. The summed E-state index contributed by atoms with van der Waals surface area (Å²) in [6, 6.07) is 3.09. The van der Waals surface area contributed by atoms with Crippen LogP contribution in [0.4, 0.5) is 4.39 Å². The summed E-state index contributed by atoms with van der Waals surface area (Å²) >= 11 is 5.96. The van der Waals surface area contributed by atoms with Gasteiger partial charge in [-0.05, 0) is 25.0 Å². The molecular formula is C12H18Cl2FN. The quantitative estimate of drug-likeness (QED) is 0.858. The van der Waals surface area contributed by atoms with E-state index in [2.05, 4.69) is 6.92 Å². The molecule has 16 heavy (non-hydrogen) atoms. The summed E-state index contributed by atoms with van der Waals surface area (Å²) in [6.07, 6.45) is 2.82. The van der Waals surface area contributed by atoms with Crippen LogP contribution in [-0.2, 0) is 0 Å². The zero-order valence-corrected chi connectivity index (χ0v) is 11.2. The van der Waals surface area contributed by atoms with E-state index < -0.39 is 0 Å². The molecule has 0 aliphatic heterocycles. The highest BCUT2D eigenvalue weighted by atomic mass is 35.5. The number of rotatable bonds is 4. The van der Waals surface area contributed by atoms with Crippen molar-refractivity contribution >= 4 is 24.0 Å². The second kappa shape index (κ2) is 7.10. The molecule has 0 aliphatic rings. The number of benzene rings is 1. The molecule has 0 radical (unpaired) electrons. The molecule has 0 amide bonds. The predicted octanol–water partition coefficient (Wildman–Crippen LogP) is 4.40. The van der Waals surface area contributed by atoms with Crippen LogP contribution < -0.4 is 5.73 Å². The molecule has 0 spiro atoms. The Morgan fingerprint density at radius 1 is 1.44 bits per heavy atom. The van der Waals surface area contributed by atoms with Gasteiger partial charge < -0.3 is 5.73 Å². The van der Waals surface area contributed by atoms with Crippen LogP contribution in [0.5, 0.6) is 0 Å². The Labute approximate surface area is 108 Å². The lowest BCUT2D eigenvalue weighted by molar-refractivity contribution is 0.543. The van der Waals surface area contributed by atoms with Crippen LogP contribution in [0.25, 0.3) is 0 Å². The Morgan fingerprint density at radius 3 is 2.62 bits per heavy atom. The molecule has 0 aromatic heterocycles. The Balaban J connectivity index is 0.00000225. The largest absolute Gasteiger partial charge is 0.324 e. The summed E-state index contributed by atoms with van der Waals surface area (Å²) in [6.45, 7) is 3.81. The van der Waals surface area contributed by atoms with Gasteiger partial charge in [-0.2, -0.15) is 0 Å². The first-order valence-corrected chi connectivity index (χ1v) is 5.65. The van der Waals surface area contributed by atoms with Crippen LogP contribution >= 0.6 is 24.0 Å². The van der Waals surface area contributed by atoms with Gasteiger partial charge in [0.15, 0.2) is 0 Å². The van der Waals surface area contributed by atoms with Crippen molar-refractivity contribution in [3.05, 3.63) is 34.1 Å². The molecule has 1 aromatic carbocycles. The van der Waals surface area contributed by atoms with Crippen LogP contribution in [0, 0.1) is 12.7 Å². The average molecular weight is 266 g/mol. The van der Waals surface area contributed by atoms with Crippen molar-refractivity contribution < 1.29 is 4.39 Å². The van der Waals surface area contributed by atoms with Crippen molar-refractivity contribution in [2.75, 3.05) is 0 Å². The van der Waals surface area contributed by atoms with Crippen LogP contribution in [0.2, 0.25) is 5.02 Å². The average Bonchev–Trinajstić information content (AvgIpc) is 2.21. The zero-order chi connectivity index (χ0) is 11.4. The van der Waals surface area contributed by atoms with Gasteiger partial charge in [0.25, 0.3) is 0 Å². The van der Waals surface area contributed by atoms with E-state index in [1.54, 1.807) is 19.1 Å². The summed E-state index contributed by atoms with van der Waals surface area (Å²) in [5, 5.41) is 0.432. The molecule has 1 rings (SSSR count). The molecule has 0 unspecified atom stereocenters. The van der Waals surface area contributed by atoms with Gasteiger partial charge in [-0.3, -0.25) is 0 Å². The van der Waals surface area contributed by atoms with Crippen molar-refractivity contribution in [1.29, 1.82) is 0 Å². The van der Waals surface area contributed by atoms with Crippen LogP contribution in [-0.4, -0.2) is 0 Å². The highest BCUT2D eigenvalue weighted by Crippen LogP contribution is 2.29. The Hall–Kier alpha value is -0.310. The molecule has 0 heterocycles. The summed E-state index contributed by atoms with van der Waals surface area (Å²) < 4.78 is 13.8. The second-order valence-corrected chi connectivity index (χ2v) is 4.25. The van der Waals surface area contributed by atoms with E-state index in [4.69, 9.17) is 17.3 Å². The van der Waals surface area contributed by atoms with Crippen LogP contribution in [0.1, 0.15) is 43.4 Å². The van der Waals surface area contributed by atoms with Crippen molar-refractivity contribution in [2.24, 2.45) is 5.73 Å². The minimum atomic E-state index is -0.294. The van der Waals surface area contributed by atoms with Crippen molar-refractivity contribution in [1.82, 2.24) is 0 Å². The van der Waals surface area contributed by atoms with Gasteiger partial charge in [-0.1, -0.05) is 37.4 Å². The summed E-state index contributed by atoms with van der Waals surface area (Å²) in [5.41, 5.74) is 6.99. The molecule has 0 bridgehead atoms. The molecule has 1 atom stereocenters. The van der Waals surface area contributed by atoms with Crippen LogP contribution in [0.3, 0.4) is 0 Å². The number of unbranched alkanes of at least 4 members (excludes halogenated alkanes) is 1. The SMILES string of the molecule is CCCC[C@@H](N)c1c(Cl)ccc(C)c1F.Cl. The molecule has 0 saturated heterocycles. The molecule has 4 heteroatoms. The Morgan fingerprint density at radius 2 is 2.06 bits per heavy atom. The van der Waals surface area contributed by atoms with E-state index >= 15 is 0 Å². The molecule has 0 aliphatic carbocycles. The first kappa shape index (κ1) is 15.7. The van der Waals surface area contributed by atoms with Crippen molar-refractivity contribution in [3.8, 4) is 0 Å². The lowest BCUT2D eigenvalue weighted by Crippen LogP contribution is -2.13. The van der Waals surface area contributed by atoms with E-state index in [0.29, 0.717) is 16.1 Å². The standard InChI is InChI=1S/C12H17ClFN.ClH/c1-3-4-5-10(15)11-9(13)7-6-8(2)12(11)14;/h6-7,10H,3-5,15H2,1-2H3;1H/t10-;/m1./s1. The first-order valence-electron chi connectivity index (χ1n) is 5.28. The minimum absolute atomic E-state index is 0. The van der Waals surface area contributed by atoms with Crippen molar-refractivity contribution in [2.45, 2.75) is 39.2 Å². The van der Waals surface area contributed by atoms with E-state index in [-0.39, 0.29) is 24.3 Å². The molecule has 0 fully saturated rings. The van der Waals surface area contributed by atoms with Gasteiger partial charge in [0.1, 0.15) is 5.82 Å². The topological polar surface area (TPSA) is 26.0 Å². The van der Waals surface area contributed by atoms with Gasteiger partial charge >= 0.3 is 0 Å². The van der Waals surface area contributed by atoms with Crippen molar-refractivity contribution in [3.63, 3.8) is 0 Å². The second-order valence-electron chi connectivity index (χ2n) is 3.84. The maximum absolute atomic E-state index is 13.8. The fourth-order valence-corrected chi connectivity index (χ4v) is 1.87. The zero-order valence-electron chi connectivity index (χ0n) is 9.59. The Bertz CT molecular complexity index is 342. The van der Waals surface area contributed by atoms with Gasteiger partial charge in [0.2, 0.25) is 0 Å². The fraction of sp³-hybridized carbons (Fsp3) is 0.500. The predicted molar refractivity (Wildman–Crippen MR) is 69.8 cm³/mol. The normalized spacial score (nSPS) is 12.1. The van der Waals surface area contributed by atoms with Gasteiger partial charge in [0.05, 0.1) is 0 Å². The maximum Gasteiger partial charge on any atom is 0.132 e. The van der Waals surface area contributed by atoms with Gasteiger partial charge in [0, 0.05) is 16.6 Å². The molecular weight excluding hydrogens is 248 g/mol. The highest BCUT2D eigenvalue weighted by Gasteiger charge is 2.16. The minimum Gasteiger partial charge on any atom is -0.324 e. The molecule has 1 nitrogen and oxygen atoms in total. The Kier molecular flexibility index (Phi) is 6.96. The third-order valence-corrected chi connectivity index (χ3v) is 2.89. The van der Waals surface area contributed by atoms with Crippen LogP contribution in [0.15, 0.2) is 12.1 Å². The summed E-state index contributed by atoms with van der Waals surface area (Å²) in [5.74, 6) is -0.258. The third-order valence-electron chi connectivity index (χ3n) is 2.56. The van der Waals surface area contributed by atoms with E-state index in [1.807, 2.05) is 0 Å². The lowest BCUT2D eigenvalue weighted by Gasteiger charge is -2.15. The summed E-state index contributed by atoms with van der Waals surface area (Å²) in [7, 11) is 0. The molecule has 2 N–H and O–H groups in total. The first-order chi connectivity index (χ1) is 7.07. The lowest BCUT2D eigenvalue weighted by atomic mass is 9.99. The number of halogens is 3. The summed E-state index contributed by atoms with van der Waals surface area (Å²) in [4.78, 5) is 0. The highest BCUT2D eigenvalue weighted by molar-refractivity contribution is 6.31. The monoisotopic (exact) mass is 265 g/mol. The van der Waals surface area contributed by atoms with Gasteiger partial charge in [-0.25, -0.2) is 4.39 Å². The number of hydrogen-bond donors (Lipinski definition) is 1. The molecule has 0 saturated carbocycles. The third kappa shape index (κ3) is 3.62. The van der Waals surface area contributed by atoms with E-state index in [0.717, 1.165) is 19.3 Å². The number of nitrogens with two attached hydrogens (primary N) is 1.